The Morgan fingerprint density at radius 2 is 2.00 bits per heavy atom. The SMILES string of the molecule is COCCN(P)C1CCCCC1. The van der Waals surface area contributed by atoms with E-state index in [1.165, 1.54) is 32.1 Å². The van der Waals surface area contributed by atoms with Gasteiger partial charge in [0.05, 0.1) is 6.61 Å². The lowest BCUT2D eigenvalue weighted by atomic mass is 9.95. The van der Waals surface area contributed by atoms with Gasteiger partial charge < -0.3 is 4.74 Å². The summed E-state index contributed by atoms with van der Waals surface area (Å²) in [5, 5.41) is 0. The molecule has 0 bridgehead atoms. The third-order valence-corrected chi connectivity index (χ3v) is 3.28. The van der Waals surface area contributed by atoms with E-state index in [2.05, 4.69) is 14.1 Å². The fraction of sp³-hybridized carbons (Fsp3) is 1.00. The highest BCUT2D eigenvalue weighted by molar-refractivity contribution is 7.13. The number of methoxy groups -OCH3 is 1. The monoisotopic (exact) mass is 189 g/mol. The average molecular weight is 189 g/mol. The van der Waals surface area contributed by atoms with Crippen LogP contribution in [-0.4, -0.2) is 31.0 Å². The predicted molar refractivity (Wildman–Crippen MR) is 55.2 cm³/mol. The summed E-state index contributed by atoms with van der Waals surface area (Å²) in [6, 6.07) is 0.791. The third kappa shape index (κ3) is 3.38. The standard InChI is InChI=1S/C9H20NOP/c1-11-8-7-10(12)9-5-3-2-4-6-9/h9H,2-8,12H2,1H3. The zero-order valence-corrected chi connectivity index (χ0v) is 9.11. The first-order valence-corrected chi connectivity index (χ1v) is 5.36. The van der Waals surface area contributed by atoms with E-state index in [1.54, 1.807) is 7.11 Å². The molecule has 3 heteroatoms. The van der Waals surface area contributed by atoms with Crippen LogP contribution < -0.4 is 0 Å². The summed E-state index contributed by atoms with van der Waals surface area (Å²) in [4.78, 5) is 0. The van der Waals surface area contributed by atoms with E-state index < -0.39 is 0 Å². The van der Waals surface area contributed by atoms with Gasteiger partial charge >= 0.3 is 0 Å². The second-order valence-corrected chi connectivity index (χ2v) is 4.19. The van der Waals surface area contributed by atoms with Crippen molar-refractivity contribution in [2.45, 2.75) is 38.1 Å². The molecule has 1 rings (SSSR count). The Morgan fingerprint density at radius 3 is 2.58 bits per heavy atom. The smallest absolute Gasteiger partial charge is 0.0592 e. The van der Waals surface area contributed by atoms with Crippen molar-refractivity contribution in [3.8, 4) is 0 Å². The van der Waals surface area contributed by atoms with Crippen LogP contribution >= 0.6 is 9.39 Å². The molecule has 1 saturated carbocycles. The molecular weight excluding hydrogens is 169 g/mol. The van der Waals surface area contributed by atoms with Crippen molar-refractivity contribution in [2.24, 2.45) is 0 Å². The molecule has 12 heavy (non-hydrogen) atoms. The Kier molecular flexibility index (Phi) is 5.13. The van der Waals surface area contributed by atoms with Crippen LogP contribution in [0.5, 0.6) is 0 Å². The van der Waals surface area contributed by atoms with E-state index >= 15 is 0 Å². The summed E-state index contributed by atoms with van der Waals surface area (Å²) in [6.45, 7) is 1.89. The lowest BCUT2D eigenvalue weighted by molar-refractivity contribution is 0.160. The molecule has 1 unspecified atom stereocenters. The molecule has 2 nitrogen and oxygen atoms in total. The molecule has 0 aromatic carbocycles. The van der Waals surface area contributed by atoms with Gasteiger partial charge in [-0.2, -0.15) is 0 Å². The molecule has 1 fully saturated rings. The lowest BCUT2D eigenvalue weighted by Gasteiger charge is -2.30. The number of hydrogen-bond acceptors (Lipinski definition) is 2. The number of ether oxygens (including phenoxy) is 1. The van der Waals surface area contributed by atoms with E-state index in [-0.39, 0.29) is 0 Å². The van der Waals surface area contributed by atoms with Crippen molar-refractivity contribution in [3.05, 3.63) is 0 Å². The number of hydrogen-bond donors (Lipinski definition) is 0. The zero-order valence-electron chi connectivity index (χ0n) is 7.96. The zero-order chi connectivity index (χ0) is 8.81. The van der Waals surface area contributed by atoms with Crippen LogP contribution in [0.15, 0.2) is 0 Å². The van der Waals surface area contributed by atoms with Gasteiger partial charge in [0.1, 0.15) is 0 Å². The van der Waals surface area contributed by atoms with E-state index in [9.17, 15) is 0 Å². The molecule has 1 aliphatic carbocycles. The molecule has 1 aliphatic rings. The molecule has 1 atom stereocenters. The highest BCUT2D eigenvalue weighted by atomic mass is 31.0. The topological polar surface area (TPSA) is 12.5 Å². The van der Waals surface area contributed by atoms with E-state index in [4.69, 9.17) is 4.74 Å². The minimum absolute atomic E-state index is 0.791. The van der Waals surface area contributed by atoms with Crippen LogP contribution in [0.25, 0.3) is 0 Å². The van der Waals surface area contributed by atoms with Crippen LogP contribution in [0, 0.1) is 0 Å². The molecule has 72 valence electrons. The van der Waals surface area contributed by atoms with E-state index in [0.29, 0.717) is 0 Å². The third-order valence-electron chi connectivity index (χ3n) is 2.60. The maximum Gasteiger partial charge on any atom is 0.0592 e. The van der Waals surface area contributed by atoms with Gasteiger partial charge in [0.15, 0.2) is 0 Å². The van der Waals surface area contributed by atoms with Crippen LogP contribution in [0.3, 0.4) is 0 Å². The Bertz CT molecular complexity index is 115. The van der Waals surface area contributed by atoms with Crippen LogP contribution in [-0.2, 0) is 4.74 Å². The van der Waals surface area contributed by atoms with Gasteiger partial charge in [-0.15, -0.1) is 0 Å². The van der Waals surface area contributed by atoms with Gasteiger partial charge in [0.2, 0.25) is 0 Å². The molecule has 0 spiro atoms. The Labute approximate surface area is 77.9 Å². The van der Waals surface area contributed by atoms with Gasteiger partial charge in [-0.05, 0) is 12.8 Å². The first-order valence-electron chi connectivity index (χ1n) is 4.85. The van der Waals surface area contributed by atoms with Gasteiger partial charge in [-0.25, -0.2) is 0 Å². The first-order chi connectivity index (χ1) is 5.84. The number of nitrogens with zero attached hydrogens (tertiary/aromatic N) is 1. The maximum atomic E-state index is 5.05. The van der Waals surface area contributed by atoms with Crippen molar-refractivity contribution in [1.29, 1.82) is 0 Å². The van der Waals surface area contributed by atoms with Gasteiger partial charge in [-0.1, -0.05) is 28.7 Å². The van der Waals surface area contributed by atoms with Crippen LogP contribution in [0.2, 0.25) is 0 Å². The molecule has 0 amide bonds. The maximum absolute atomic E-state index is 5.05. The Balaban J connectivity index is 2.15. The van der Waals surface area contributed by atoms with Gasteiger partial charge in [0, 0.05) is 19.7 Å². The molecule has 0 aromatic heterocycles. The molecule has 0 aromatic rings. The summed E-state index contributed by atoms with van der Waals surface area (Å²) >= 11 is 0. The number of rotatable bonds is 4. The van der Waals surface area contributed by atoms with Crippen molar-refractivity contribution in [3.63, 3.8) is 0 Å². The van der Waals surface area contributed by atoms with E-state index in [0.717, 1.165) is 19.2 Å². The van der Waals surface area contributed by atoms with Gasteiger partial charge in [-0.3, -0.25) is 4.67 Å². The second-order valence-electron chi connectivity index (χ2n) is 3.52. The molecular formula is C9H20NOP. The summed E-state index contributed by atoms with van der Waals surface area (Å²) in [5.41, 5.74) is 0. The van der Waals surface area contributed by atoms with Crippen LogP contribution in [0.4, 0.5) is 0 Å². The van der Waals surface area contributed by atoms with Crippen molar-refractivity contribution in [1.82, 2.24) is 4.67 Å². The van der Waals surface area contributed by atoms with E-state index in [1.807, 2.05) is 0 Å². The Morgan fingerprint density at radius 1 is 1.33 bits per heavy atom. The summed E-state index contributed by atoms with van der Waals surface area (Å²) in [7, 11) is 4.59. The summed E-state index contributed by atoms with van der Waals surface area (Å²) in [6.07, 6.45) is 6.98. The lowest BCUT2D eigenvalue weighted by Crippen LogP contribution is -2.31. The van der Waals surface area contributed by atoms with Gasteiger partial charge in [0.25, 0.3) is 0 Å². The summed E-state index contributed by atoms with van der Waals surface area (Å²) in [5.74, 6) is 0. The predicted octanol–water partition coefficient (Wildman–Crippen LogP) is 2.06. The van der Waals surface area contributed by atoms with Crippen molar-refractivity contribution in [2.75, 3.05) is 20.3 Å². The largest absolute Gasteiger partial charge is 0.383 e. The minimum atomic E-state index is 0.791. The normalized spacial score (nSPS) is 20.2. The van der Waals surface area contributed by atoms with Crippen LogP contribution in [0.1, 0.15) is 32.1 Å². The van der Waals surface area contributed by atoms with Crippen molar-refractivity contribution >= 4 is 9.39 Å². The highest BCUT2D eigenvalue weighted by Crippen LogP contribution is 2.24. The average Bonchev–Trinajstić information content (AvgIpc) is 2.15. The fourth-order valence-corrected chi connectivity index (χ4v) is 2.20. The quantitative estimate of drug-likeness (QED) is 0.628. The summed E-state index contributed by atoms with van der Waals surface area (Å²) < 4.78 is 7.41. The molecule has 0 aliphatic heterocycles. The Hall–Kier alpha value is 0.350. The highest BCUT2D eigenvalue weighted by Gasteiger charge is 2.17. The molecule has 0 saturated heterocycles. The van der Waals surface area contributed by atoms with Crippen molar-refractivity contribution < 1.29 is 4.74 Å². The second kappa shape index (κ2) is 5.90. The molecule has 0 radical (unpaired) electrons. The molecule has 0 N–H and O–H groups in total. The fourth-order valence-electron chi connectivity index (χ4n) is 1.79. The minimum Gasteiger partial charge on any atom is -0.383 e. The molecule has 0 heterocycles. The first kappa shape index (κ1) is 10.4.